The van der Waals surface area contributed by atoms with E-state index in [0.29, 0.717) is 11.8 Å². The first-order valence-electron chi connectivity index (χ1n) is 5.26. The van der Waals surface area contributed by atoms with Crippen molar-refractivity contribution in [2.75, 3.05) is 0 Å². The highest BCUT2D eigenvalue weighted by Gasteiger charge is 2.02. The summed E-state index contributed by atoms with van der Waals surface area (Å²) in [6, 6.07) is 7.80. The van der Waals surface area contributed by atoms with E-state index in [1.165, 1.54) is 0 Å². The number of para-hydroxylation sites is 1. The van der Waals surface area contributed by atoms with Gasteiger partial charge in [-0.1, -0.05) is 25.1 Å². The lowest BCUT2D eigenvalue weighted by atomic mass is 10.0. The fourth-order valence-electron chi connectivity index (χ4n) is 1.48. The van der Waals surface area contributed by atoms with Crippen LogP contribution in [0.15, 0.2) is 24.3 Å². The average Bonchev–Trinajstić information content (AvgIpc) is 2.20. The van der Waals surface area contributed by atoms with Crippen LogP contribution >= 0.6 is 0 Å². The molecule has 2 nitrogen and oxygen atoms in total. The van der Waals surface area contributed by atoms with Gasteiger partial charge in [-0.3, -0.25) is 0 Å². The molecule has 0 bridgehead atoms. The molecule has 1 unspecified atom stereocenters. The SMILES string of the molecule is CCC(N)CCCc1ccccc1O. The lowest BCUT2D eigenvalue weighted by molar-refractivity contribution is 0.465. The Labute approximate surface area is 85.8 Å². The summed E-state index contributed by atoms with van der Waals surface area (Å²) in [5.74, 6) is 0.401. The number of phenols is 1. The van der Waals surface area contributed by atoms with Gasteiger partial charge in [-0.05, 0) is 37.3 Å². The van der Waals surface area contributed by atoms with E-state index in [4.69, 9.17) is 5.73 Å². The van der Waals surface area contributed by atoms with E-state index in [1.54, 1.807) is 6.07 Å². The number of phenolic OH excluding ortho intramolecular Hbond substituents is 1. The summed E-state index contributed by atoms with van der Waals surface area (Å²) in [5.41, 5.74) is 6.84. The minimum Gasteiger partial charge on any atom is -0.508 e. The summed E-state index contributed by atoms with van der Waals surface area (Å²) in [6.07, 6.45) is 4.03. The molecule has 1 aromatic carbocycles. The molecule has 78 valence electrons. The van der Waals surface area contributed by atoms with E-state index in [-0.39, 0.29) is 0 Å². The molecule has 0 heterocycles. The van der Waals surface area contributed by atoms with Crippen LogP contribution in [0.1, 0.15) is 31.7 Å². The van der Waals surface area contributed by atoms with Gasteiger partial charge >= 0.3 is 0 Å². The molecule has 0 aliphatic carbocycles. The summed E-state index contributed by atoms with van der Waals surface area (Å²) in [5, 5.41) is 9.50. The number of aromatic hydroxyl groups is 1. The molecule has 3 N–H and O–H groups in total. The molecule has 0 fully saturated rings. The number of hydrogen-bond acceptors (Lipinski definition) is 2. The van der Waals surface area contributed by atoms with Crippen LogP contribution in [0.25, 0.3) is 0 Å². The smallest absolute Gasteiger partial charge is 0.118 e. The Morgan fingerprint density at radius 1 is 1.36 bits per heavy atom. The van der Waals surface area contributed by atoms with Crippen LogP contribution in [0.3, 0.4) is 0 Å². The Morgan fingerprint density at radius 3 is 2.71 bits per heavy atom. The van der Waals surface area contributed by atoms with Gasteiger partial charge in [0.15, 0.2) is 0 Å². The Hall–Kier alpha value is -1.02. The van der Waals surface area contributed by atoms with E-state index < -0.39 is 0 Å². The first-order valence-corrected chi connectivity index (χ1v) is 5.26. The Morgan fingerprint density at radius 2 is 2.07 bits per heavy atom. The van der Waals surface area contributed by atoms with Crippen molar-refractivity contribution in [3.05, 3.63) is 29.8 Å². The number of rotatable bonds is 5. The Bertz CT molecular complexity index is 273. The Kier molecular flexibility index (Phi) is 4.47. The zero-order valence-corrected chi connectivity index (χ0v) is 8.74. The Balaban J connectivity index is 2.35. The van der Waals surface area contributed by atoms with Crippen molar-refractivity contribution in [3.8, 4) is 5.75 Å². The number of benzene rings is 1. The lowest BCUT2D eigenvalue weighted by Gasteiger charge is -2.08. The molecule has 0 amide bonds. The zero-order valence-electron chi connectivity index (χ0n) is 8.74. The molecule has 1 rings (SSSR count). The normalized spacial score (nSPS) is 12.7. The molecule has 0 radical (unpaired) electrons. The lowest BCUT2D eigenvalue weighted by Crippen LogP contribution is -2.18. The summed E-state index contributed by atoms with van der Waals surface area (Å²) >= 11 is 0. The van der Waals surface area contributed by atoms with Gasteiger partial charge in [0.2, 0.25) is 0 Å². The molecule has 2 heteroatoms. The van der Waals surface area contributed by atoms with Gasteiger partial charge in [0, 0.05) is 6.04 Å². The minimum absolute atomic E-state index is 0.306. The minimum atomic E-state index is 0.306. The van der Waals surface area contributed by atoms with Crippen molar-refractivity contribution in [1.29, 1.82) is 0 Å². The average molecular weight is 193 g/mol. The summed E-state index contributed by atoms with van der Waals surface area (Å²) in [6.45, 7) is 2.10. The maximum Gasteiger partial charge on any atom is 0.118 e. The molecule has 1 atom stereocenters. The third kappa shape index (κ3) is 3.38. The molecule has 14 heavy (non-hydrogen) atoms. The quantitative estimate of drug-likeness (QED) is 0.754. The van der Waals surface area contributed by atoms with Crippen LogP contribution in [0.4, 0.5) is 0 Å². The maximum atomic E-state index is 9.50. The third-order valence-electron chi connectivity index (χ3n) is 2.54. The van der Waals surface area contributed by atoms with Crippen molar-refractivity contribution in [2.45, 2.75) is 38.6 Å². The molecule has 0 aliphatic rings. The van der Waals surface area contributed by atoms with Crippen LogP contribution in [-0.4, -0.2) is 11.1 Å². The van der Waals surface area contributed by atoms with Crippen molar-refractivity contribution in [1.82, 2.24) is 0 Å². The van der Waals surface area contributed by atoms with E-state index in [9.17, 15) is 5.11 Å². The first-order chi connectivity index (χ1) is 6.74. The van der Waals surface area contributed by atoms with E-state index >= 15 is 0 Å². The summed E-state index contributed by atoms with van der Waals surface area (Å²) < 4.78 is 0. The second kappa shape index (κ2) is 5.66. The van der Waals surface area contributed by atoms with Crippen LogP contribution in [0.2, 0.25) is 0 Å². The van der Waals surface area contributed by atoms with E-state index in [0.717, 1.165) is 31.2 Å². The summed E-state index contributed by atoms with van der Waals surface area (Å²) in [7, 11) is 0. The van der Waals surface area contributed by atoms with E-state index in [2.05, 4.69) is 6.92 Å². The van der Waals surface area contributed by atoms with Crippen LogP contribution < -0.4 is 5.73 Å². The van der Waals surface area contributed by atoms with Crippen LogP contribution in [0, 0.1) is 0 Å². The largest absolute Gasteiger partial charge is 0.508 e. The molecule has 0 aromatic heterocycles. The topological polar surface area (TPSA) is 46.2 Å². The predicted octanol–water partition coefficient (Wildman–Crippen LogP) is 2.45. The fourth-order valence-corrected chi connectivity index (χ4v) is 1.48. The monoisotopic (exact) mass is 193 g/mol. The van der Waals surface area contributed by atoms with E-state index in [1.807, 2.05) is 18.2 Å². The molecule has 1 aromatic rings. The van der Waals surface area contributed by atoms with Crippen LogP contribution in [-0.2, 0) is 6.42 Å². The highest BCUT2D eigenvalue weighted by molar-refractivity contribution is 5.31. The van der Waals surface area contributed by atoms with Gasteiger partial charge in [-0.25, -0.2) is 0 Å². The van der Waals surface area contributed by atoms with Gasteiger partial charge in [0.05, 0.1) is 0 Å². The summed E-state index contributed by atoms with van der Waals surface area (Å²) in [4.78, 5) is 0. The van der Waals surface area contributed by atoms with Gasteiger partial charge in [0.1, 0.15) is 5.75 Å². The van der Waals surface area contributed by atoms with Crippen molar-refractivity contribution in [2.24, 2.45) is 5.73 Å². The van der Waals surface area contributed by atoms with Crippen molar-refractivity contribution in [3.63, 3.8) is 0 Å². The van der Waals surface area contributed by atoms with Gasteiger partial charge in [0.25, 0.3) is 0 Å². The fraction of sp³-hybridized carbons (Fsp3) is 0.500. The maximum absolute atomic E-state index is 9.50. The third-order valence-corrected chi connectivity index (χ3v) is 2.54. The molecular weight excluding hydrogens is 174 g/mol. The van der Waals surface area contributed by atoms with Gasteiger partial charge in [-0.15, -0.1) is 0 Å². The van der Waals surface area contributed by atoms with Crippen molar-refractivity contribution < 1.29 is 5.11 Å². The first kappa shape index (κ1) is 11.1. The second-order valence-electron chi connectivity index (χ2n) is 3.69. The predicted molar refractivity (Wildman–Crippen MR) is 59.3 cm³/mol. The number of aryl methyl sites for hydroxylation is 1. The molecule has 0 aliphatic heterocycles. The standard InChI is InChI=1S/C12H19NO/c1-2-11(13)8-5-7-10-6-3-4-9-12(10)14/h3-4,6,9,11,14H,2,5,7-8,13H2,1H3. The number of hydrogen-bond donors (Lipinski definition) is 2. The highest BCUT2D eigenvalue weighted by atomic mass is 16.3. The van der Waals surface area contributed by atoms with Crippen LogP contribution in [0.5, 0.6) is 5.75 Å². The second-order valence-corrected chi connectivity index (χ2v) is 3.69. The van der Waals surface area contributed by atoms with Gasteiger partial charge < -0.3 is 10.8 Å². The highest BCUT2D eigenvalue weighted by Crippen LogP contribution is 2.18. The van der Waals surface area contributed by atoms with Crippen molar-refractivity contribution >= 4 is 0 Å². The van der Waals surface area contributed by atoms with Gasteiger partial charge in [-0.2, -0.15) is 0 Å². The molecule has 0 saturated heterocycles. The molecular formula is C12H19NO. The zero-order chi connectivity index (χ0) is 10.4. The molecule has 0 spiro atoms. The number of nitrogens with two attached hydrogens (primary N) is 1. The molecule has 0 saturated carbocycles.